The molecule has 1 saturated carbocycles. The quantitative estimate of drug-likeness (QED) is 0.698. The number of aryl methyl sites for hydroxylation is 1. The van der Waals surface area contributed by atoms with Crippen molar-refractivity contribution in [3.05, 3.63) is 23.7 Å². The summed E-state index contributed by atoms with van der Waals surface area (Å²) in [5.74, 6) is 1.44. The van der Waals surface area contributed by atoms with Gasteiger partial charge in [0.25, 0.3) is 10.2 Å². The van der Waals surface area contributed by atoms with Gasteiger partial charge in [-0.2, -0.15) is 17.0 Å². The number of rotatable bonds is 9. The Labute approximate surface area is 127 Å². The molecule has 0 aromatic carbocycles. The summed E-state index contributed by atoms with van der Waals surface area (Å²) >= 11 is 0. The highest BCUT2D eigenvalue weighted by molar-refractivity contribution is 7.86. The van der Waals surface area contributed by atoms with Crippen LogP contribution in [0.4, 0.5) is 0 Å². The van der Waals surface area contributed by atoms with Crippen molar-refractivity contribution >= 4 is 10.2 Å². The smallest absolute Gasteiger partial charge is 0.281 e. The van der Waals surface area contributed by atoms with Gasteiger partial charge in [0.1, 0.15) is 11.5 Å². The SMILES string of the molecule is Cc1ccc(CN(C)S(=O)(=O)N(C)CCCNC2CC2)o1. The Kier molecular flexibility index (Phi) is 5.43. The van der Waals surface area contributed by atoms with E-state index in [1.54, 1.807) is 20.2 Å². The minimum absolute atomic E-state index is 0.251. The second kappa shape index (κ2) is 6.91. The standard InChI is InChI=1S/C14H25N3O3S/c1-12-5-8-14(20-12)11-17(3)21(18,19)16(2)10-4-9-15-13-6-7-13/h5,8,13,15H,4,6-7,9-11H2,1-3H3. The molecule has 7 heteroatoms. The topological polar surface area (TPSA) is 65.8 Å². The van der Waals surface area contributed by atoms with E-state index in [2.05, 4.69) is 5.32 Å². The van der Waals surface area contributed by atoms with Crippen LogP contribution in [0, 0.1) is 6.92 Å². The van der Waals surface area contributed by atoms with Gasteiger partial charge in [-0.15, -0.1) is 0 Å². The Morgan fingerprint density at radius 2 is 2.00 bits per heavy atom. The van der Waals surface area contributed by atoms with Crippen molar-refractivity contribution in [1.82, 2.24) is 13.9 Å². The molecule has 1 aliphatic rings. The molecule has 0 spiro atoms. The Morgan fingerprint density at radius 1 is 1.29 bits per heavy atom. The lowest BCUT2D eigenvalue weighted by atomic mass is 10.4. The predicted molar refractivity (Wildman–Crippen MR) is 82.1 cm³/mol. The van der Waals surface area contributed by atoms with Crippen LogP contribution in [-0.2, 0) is 16.8 Å². The van der Waals surface area contributed by atoms with E-state index in [0.29, 0.717) is 18.3 Å². The van der Waals surface area contributed by atoms with Gasteiger partial charge in [0.05, 0.1) is 6.54 Å². The zero-order chi connectivity index (χ0) is 15.5. The van der Waals surface area contributed by atoms with Gasteiger partial charge >= 0.3 is 0 Å². The Hall–Kier alpha value is -0.890. The van der Waals surface area contributed by atoms with Crippen molar-refractivity contribution < 1.29 is 12.8 Å². The van der Waals surface area contributed by atoms with Crippen LogP contribution in [0.3, 0.4) is 0 Å². The van der Waals surface area contributed by atoms with Gasteiger partial charge in [0.15, 0.2) is 0 Å². The van der Waals surface area contributed by atoms with Crippen molar-refractivity contribution in [2.45, 2.75) is 38.8 Å². The fourth-order valence-corrected chi connectivity index (χ4v) is 3.25. The molecule has 0 radical (unpaired) electrons. The van der Waals surface area contributed by atoms with Crippen LogP contribution < -0.4 is 5.32 Å². The van der Waals surface area contributed by atoms with Crippen molar-refractivity contribution in [3.8, 4) is 0 Å². The van der Waals surface area contributed by atoms with Crippen LogP contribution >= 0.6 is 0 Å². The molecule has 0 bridgehead atoms. The molecule has 1 heterocycles. The third-order valence-electron chi connectivity index (χ3n) is 3.62. The molecule has 2 rings (SSSR count). The fourth-order valence-electron chi connectivity index (χ4n) is 2.12. The van der Waals surface area contributed by atoms with Gasteiger partial charge in [-0.3, -0.25) is 0 Å². The molecule has 0 atom stereocenters. The zero-order valence-electron chi connectivity index (χ0n) is 13.0. The summed E-state index contributed by atoms with van der Waals surface area (Å²) in [7, 11) is -0.237. The van der Waals surface area contributed by atoms with Crippen molar-refractivity contribution in [1.29, 1.82) is 0 Å². The predicted octanol–water partition coefficient (Wildman–Crippen LogP) is 1.34. The maximum absolute atomic E-state index is 12.4. The monoisotopic (exact) mass is 315 g/mol. The molecule has 0 unspecified atom stereocenters. The van der Waals surface area contributed by atoms with Gasteiger partial charge < -0.3 is 9.73 Å². The zero-order valence-corrected chi connectivity index (χ0v) is 13.8. The second-order valence-electron chi connectivity index (χ2n) is 5.68. The Bertz CT molecular complexity index is 552. The largest absolute Gasteiger partial charge is 0.465 e. The molecule has 1 aliphatic carbocycles. The molecule has 0 saturated heterocycles. The molecule has 120 valence electrons. The van der Waals surface area contributed by atoms with Crippen molar-refractivity contribution in [3.63, 3.8) is 0 Å². The summed E-state index contributed by atoms with van der Waals surface area (Å²) in [5.41, 5.74) is 0. The molecule has 1 aromatic heterocycles. The van der Waals surface area contributed by atoms with Gasteiger partial charge in [0, 0.05) is 26.7 Å². The van der Waals surface area contributed by atoms with E-state index < -0.39 is 10.2 Å². The molecule has 0 amide bonds. The third kappa shape index (κ3) is 4.81. The fraction of sp³-hybridized carbons (Fsp3) is 0.714. The van der Waals surface area contributed by atoms with E-state index in [1.165, 1.54) is 21.5 Å². The number of hydrogen-bond acceptors (Lipinski definition) is 4. The highest BCUT2D eigenvalue weighted by Crippen LogP contribution is 2.18. The molecule has 1 aromatic rings. The normalized spacial score (nSPS) is 16.0. The van der Waals surface area contributed by atoms with Gasteiger partial charge in [-0.05, 0) is 44.9 Å². The number of hydrogen-bond donors (Lipinski definition) is 1. The van der Waals surface area contributed by atoms with Crippen LogP contribution in [0.25, 0.3) is 0 Å². The van der Waals surface area contributed by atoms with E-state index in [9.17, 15) is 8.42 Å². The van der Waals surface area contributed by atoms with E-state index in [1.807, 2.05) is 13.0 Å². The number of nitrogens with zero attached hydrogens (tertiary/aromatic N) is 2. The van der Waals surface area contributed by atoms with Gasteiger partial charge in [-0.1, -0.05) is 0 Å². The molecule has 1 N–H and O–H groups in total. The molecular formula is C14H25N3O3S. The van der Waals surface area contributed by atoms with Crippen LogP contribution in [0.2, 0.25) is 0 Å². The highest BCUT2D eigenvalue weighted by atomic mass is 32.2. The first-order valence-corrected chi connectivity index (χ1v) is 8.75. The second-order valence-corrected chi connectivity index (χ2v) is 7.82. The van der Waals surface area contributed by atoms with E-state index in [-0.39, 0.29) is 6.54 Å². The first-order valence-electron chi connectivity index (χ1n) is 7.36. The first kappa shape index (κ1) is 16.5. The number of furan rings is 1. The van der Waals surface area contributed by atoms with Crippen LogP contribution in [0.15, 0.2) is 16.5 Å². The molecule has 1 fully saturated rings. The maximum Gasteiger partial charge on any atom is 0.281 e. The average Bonchev–Trinajstić information content (AvgIpc) is 3.16. The summed E-state index contributed by atoms with van der Waals surface area (Å²) < 4.78 is 32.9. The summed E-state index contributed by atoms with van der Waals surface area (Å²) in [4.78, 5) is 0. The Balaban J connectivity index is 1.79. The van der Waals surface area contributed by atoms with Gasteiger partial charge in [-0.25, -0.2) is 0 Å². The molecule has 0 aliphatic heterocycles. The lowest BCUT2D eigenvalue weighted by molar-refractivity contribution is 0.357. The highest BCUT2D eigenvalue weighted by Gasteiger charge is 2.24. The summed E-state index contributed by atoms with van der Waals surface area (Å²) in [5, 5.41) is 3.39. The third-order valence-corrected chi connectivity index (χ3v) is 5.51. The number of nitrogens with one attached hydrogen (secondary N) is 1. The first-order chi connectivity index (χ1) is 9.89. The van der Waals surface area contributed by atoms with Crippen molar-refractivity contribution in [2.75, 3.05) is 27.2 Å². The van der Waals surface area contributed by atoms with E-state index >= 15 is 0 Å². The lowest BCUT2D eigenvalue weighted by Crippen LogP contribution is -2.40. The molecule has 6 nitrogen and oxygen atoms in total. The van der Waals surface area contributed by atoms with Crippen LogP contribution in [0.1, 0.15) is 30.8 Å². The summed E-state index contributed by atoms with van der Waals surface area (Å²) in [6, 6.07) is 4.31. The molecule has 21 heavy (non-hydrogen) atoms. The Morgan fingerprint density at radius 3 is 2.57 bits per heavy atom. The average molecular weight is 315 g/mol. The van der Waals surface area contributed by atoms with Crippen LogP contribution in [-0.4, -0.2) is 50.3 Å². The summed E-state index contributed by atoms with van der Waals surface area (Å²) in [6.07, 6.45) is 3.32. The van der Waals surface area contributed by atoms with Gasteiger partial charge in [0.2, 0.25) is 0 Å². The minimum Gasteiger partial charge on any atom is -0.465 e. The van der Waals surface area contributed by atoms with Crippen LogP contribution in [0.5, 0.6) is 0 Å². The van der Waals surface area contributed by atoms with E-state index in [0.717, 1.165) is 18.7 Å². The maximum atomic E-state index is 12.4. The van der Waals surface area contributed by atoms with E-state index in [4.69, 9.17) is 4.42 Å². The lowest BCUT2D eigenvalue weighted by Gasteiger charge is -2.23. The summed E-state index contributed by atoms with van der Waals surface area (Å²) in [6.45, 7) is 3.48. The molecular weight excluding hydrogens is 290 g/mol. The van der Waals surface area contributed by atoms with Crippen molar-refractivity contribution in [2.24, 2.45) is 0 Å². The minimum atomic E-state index is -3.43.